The number of aromatic nitrogens is 3. The van der Waals surface area contributed by atoms with Gasteiger partial charge < -0.3 is 14.2 Å². The molecule has 6 nitrogen and oxygen atoms in total. The third-order valence-corrected chi connectivity index (χ3v) is 6.35. The van der Waals surface area contributed by atoms with Crippen molar-refractivity contribution in [1.29, 1.82) is 0 Å². The minimum absolute atomic E-state index is 0.0983. The van der Waals surface area contributed by atoms with E-state index in [4.69, 9.17) is 16.3 Å². The summed E-state index contributed by atoms with van der Waals surface area (Å²) in [7, 11) is 1.63. The van der Waals surface area contributed by atoms with Gasteiger partial charge >= 0.3 is 0 Å². The minimum atomic E-state index is -0.425. The molecule has 176 valence electrons. The van der Waals surface area contributed by atoms with Gasteiger partial charge in [0.15, 0.2) is 11.0 Å². The standard InChI is InChI=1S/C24H28ClFN4O2S/c1-17(2)12-13-30-22(15-32-18-8-5-4-6-9-18)27-28-24(30)33-16-23(31)29(3)14-19-20(25)10-7-11-21(19)26/h4-11,17H,12-16H2,1-3H3. The Morgan fingerprint density at radius 3 is 2.64 bits per heavy atom. The van der Waals surface area contributed by atoms with Gasteiger partial charge in [0.1, 0.15) is 18.2 Å². The molecule has 0 unspecified atom stereocenters. The van der Waals surface area contributed by atoms with Crippen molar-refractivity contribution in [1.82, 2.24) is 19.7 Å². The minimum Gasteiger partial charge on any atom is -0.486 e. The number of benzene rings is 2. The van der Waals surface area contributed by atoms with Crippen molar-refractivity contribution < 1.29 is 13.9 Å². The molecule has 1 aromatic heterocycles. The number of amides is 1. The summed E-state index contributed by atoms with van der Waals surface area (Å²) in [5, 5.41) is 9.56. The first-order valence-electron chi connectivity index (χ1n) is 10.7. The number of ether oxygens (including phenoxy) is 1. The van der Waals surface area contributed by atoms with E-state index in [0.29, 0.717) is 27.5 Å². The number of hydrogen-bond donors (Lipinski definition) is 0. The predicted molar refractivity (Wildman–Crippen MR) is 129 cm³/mol. The summed E-state index contributed by atoms with van der Waals surface area (Å²) >= 11 is 7.40. The van der Waals surface area contributed by atoms with Gasteiger partial charge in [0, 0.05) is 30.7 Å². The van der Waals surface area contributed by atoms with Crippen molar-refractivity contribution in [2.24, 2.45) is 5.92 Å². The van der Waals surface area contributed by atoms with E-state index in [1.807, 2.05) is 34.9 Å². The van der Waals surface area contributed by atoms with Crippen LogP contribution in [0.5, 0.6) is 5.75 Å². The Balaban J connectivity index is 1.64. The predicted octanol–water partition coefficient (Wildman–Crippen LogP) is 5.45. The second-order valence-electron chi connectivity index (χ2n) is 8.07. The number of halogens is 2. The monoisotopic (exact) mass is 490 g/mol. The molecule has 3 aromatic rings. The molecule has 33 heavy (non-hydrogen) atoms. The van der Waals surface area contributed by atoms with Crippen molar-refractivity contribution in [3.8, 4) is 5.75 Å². The first-order valence-corrected chi connectivity index (χ1v) is 12.1. The van der Waals surface area contributed by atoms with Crippen LogP contribution in [0.3, 0.4) is 0 Å². The molecule has 2 aromatic carbocycles. The van der Waals surface area contributed by atoms with Gasteiger partial charge in [-0.1, -0.05) is 61.5 Å². The molecule has 0 fully saturated rings. The van der Waals surface area contributed by atoms with Gasteiger partial charge in [-0.15, -0.1) is 10.2 Å². The van der Waals surface area contributed by atoms with Crippen LogP contribution in [0.25, 0.3) is 0 Å². The van der Waals surface area contributed by atoms with E-state index in [1.165, 1.54) is 22.7 Å². The van der Waals surface area contributed by atoms with Gasteiger partial charge in [-0.25, -0.2) is 4.39 Å². The highest BCUT2D eigenvalue weighted by Gasteiger charge is 2.18. The average molecular weight is 491 g/mol. The lowest BCUT2D eigenvalue weighted by atomic mass is 10.1. The molecule has 0 bridgehead atoms. The molecule has 0 aliphatic heterocycles. The lowest BCUT2D eigenvalue weighted by Gasteiger charge is -2.18. The summed E-state index contributed by atoms with van der Waals surface area (Å²) in [6.45, 7) is 5.43. The first-order chi connectivity index (χ1) is 15.8. The SMILES string of the molecule is CC(C)CCn1c(COc2ccccc2)nnc1SCC(=O)N(C)Cc1c(F)cccc1Cl. The van der Waals surface area contributed by atoms with E-state index in [2.05, 4.69) is 24.0 Å². The smallest absolute Gasteiger partial charge is 0.233 e. The molecule has 0 saturated heterocycles. The summed E-state index contributed by atoms with van der Waals surface area (Å²) in [6, 6.07) is 14.0. The van der Waals surface area contributed by atoms with Gasteiger partial charge in [0.05, 0.1) is 5.75 Å². The molecule has 0 aliphatic carbocycles. The highest BCUT2D eigenvalue weighted by atomic mass is 35.5. The fourth-order valence-corrected chi connectivity index (χ4v) is 4.20. The van der Waals surface area contributed by atoms with Crippen molar-refractivity contribution in [3.63, 3.8) is 0 Å². The van der Waals surface area contributed by atoms with Crippen molar-refractivity contribution >= 4 is 29.3 Å². The Morgan fingerprint density at radius 1 is 1.18 bits per heavy atom. The second kappa shape index (κ2) is 12.0. The molecule has 0 N–H and O–H groups in total. The second-order valence-corrected chi connectivity index (χ2v) is 9.42. The number of carbonyl (C=O) groups excluding carboxylic acids is 1. The lowest BCUT2D eigenvalue weighted by Crippen LogP contribution is -2.28. The van der Waals surface area contributed by atoms with Crippen LogP contribution < -0.4 is 4.74 Å². The molecule has 0 aliphatic rings. The van der Waals surface area contributed by atoms with Gasteiger partial charge in [-0.3, -0.25) is 4.79 Å². The molecule has 0 saturated carbocycles. The topological polar surface area (TPSA) is 60.2 Å². The Kier molecular flexibility index (Phi) is 9.14. The molecule has 1 heterocycles. The van der Waals surface area contributed by atoms with E-state index in [9.17, 15) is 9.18 Å². The molecular formula is C24H28ClFN4O2S. The largest absolute Gasteiger partial charge is 0.486 e. The molecule has 3 rings (SSSR count). The molecule has 0 radical (unpaired) electrons. The Morgan fingerprint density at radius 2 is 1.94 bits per heavy atom. The number of thioether (sulfide) groups is 1. The van der Waals surface area contributed by atoms with E-state index < -0.39 is 5.82 Å². The number of para-hydroxylation sites is 1. The van der Waals surface area contributed by atoms with Crippen LogP contribution in [0.2, 0.25) is 5.02 Å². The summed E-state index contributed by atoms with van der Waals surface area (Å²) in [5.74, 6) is 1.55. The molecule has 0 atom stereocenters. The quantitative estimate of drug-likeness (QED) is 0.335. The Labute approximate surface area is 203 Å². The van der Waals surface area contributed by atoms with Crippen LogP contribution in [-0.2, 0) is 24.5 Å². The van der Waals surface area contributed by atoms with E-state index in [-0.39, 0.29) is 24.8 Å². The van der Waals surface area contributed by atoms with Crippen LogP contribution in [-0.4, -0.2) is 38.4 Å². The van der Waals surface area contributed by atoms with Crippen molar-refractivity contribution in [2.45, 2.75) is 45.1 Å². The maximum atomic E-state index is 14.1. The normalized spacial score (nSPS) is 11.1. The maximum absolute atomic E-state index is 14.1. The van der Waals surface area contributed by atoms with Gasteiger partial charge in [-0.2, -0.15) is 0 Å². The summed E-state index contributed by atoms with van der Waals surface area (Å²) in [5.41, 5.74) is 0.306. The zero-order valence-electron chi connectivity index (χ0n) is 19.0. The maximum Gasteiger partial charge on any atom is 0.233 e. The fraction of sp³-hybridized carbons (Fsp3) is 0.375. The summed E-state index contributed by atoms with van der Waals surface area (Å²) in [4.78, 5) is 14.2. The fourth-order valence-electron chi connectivity index (χ4n) is 3.05. The van der Waals surface area contributed by atoms with Crippen LogP contribution in [0.1, 0.15) is 31.7 Å². The van der Waals surface area contributed by atoms with Crippen molar-refractivity contribution in [3.05, 3.63) is 70.8 Å². The van der Waals surface area contributed by atoms with Gasteiger partial charge in [0.25, 0.3) is 0 Å². The van der Waals surface area contributed by atoms with Gasteiger partial charge in [0.2, 0.25) is 5.91 Å². The first kappa shape index (κ1) is 25.1. The third kappa shape index (κ3) is 7.20. The summed E-state index contributed by atoms with van der Waals surface area (Å²) in [6.07, 6.45) is 0.948. The van der Waals surface area contributed by atoms with Gasteiger partial charge in [-0.05, 0) is 36.6 Å². The molecule has 0 spiro atoms. The van der Waals surface area contributed by atoms with E-state index in [1.54, 1.807) is 19.2 Å². The van der Waals surface area contributed by atoms with Crippen LogP contribution >= 0.6 is 23.4 Å². The molecular weight excluding hydrogens is 463 g/mol. The van der Waals surface area contributed by atoms with E-state index in [0.717, 1.165) is 18.7 Å². The average Bonchev–Trinajstić information content (AvgIpc) is 3.19. The van der Waals surface area contributed by atoms with Crippen molar-refractivity contribution in [2.75, 3.05) is 12.8 Å². The van der Waals surface area contributed by atoms with Crippen LogP contribution in [0.15, 0.2) is 53.7 Å². The zero-order chi connectivity index (χ0) is 23.8. The highest BCUT2D eigenvalue weighted by Crippen LogP contribution is 2.23. The number of nitrogens with zero attached hydrogens (tertiary/aromatic N) is 4. The number of rotatable bonds is 11. The number of carbonyl (C=O) groups is 1. The lowest BCUT2D eigenvalue weighted by molar-refractivity contribution is -0.127. The zero-order valence-corrected chi connectivity index (χ0v) is 20.6. The van der Waals surface area contributed by atoms with Crippen LogP contribution in [0, 0.1) is 11.7 Å². The summed E-state index contributed by atoms with van der Waals surface area (Å²) < 4.78 is 21.9. The highest BCUT2D eigenvalue weighted by molar-refractivity contribution is 7.99. The Hall–Kier alpha value is -2.58. The Bertz CT molecular complexity index is 1040. The van der Waals surface area contributed by atoms with E-state index >= 15 is 0 Å². The molecule has 9 heteroatoms. The van der Waals surface area contributed by atoms with Crippen LogP contribution in [0.4, 0.5) is 4.39 Å². The number of hydrogen-bond acceptors (Lipinski definition) is 5. The third-order valence-electron chi connectivity index (χ3n) is 5.04. The molecule has 1 amide bonds.